The number of nitrogens with zero attached hydrogens (tertiary/aromatic N) is 2. The van der Waals surface area contributed by atoms with Gasteiger partial charge in [0.1, 0.15) is 0 Å². The number of aryl methyl sites for hydroxylation is 1. The average molecular weight is 280 g/mol. The molecule has 0 saturated carbocycles. The predicted octanol–water partition coefficient (Wildman–Crippen LogP) is 3.61. The van der Waals surface area contributed by atoms with Crippen molar-refractivity contribution >= 4 is 23.4 Å². The molecular weight excluding hydrogens is 266 g/mol. The van der Waals surface area contributed by atoms with Crippen LogP contribution in [0.25, 0.3) is 0 Å². The molecule has 0 bridgehead atoms. The molecule has 5 heteroatoms. The van der Waals surface area contributed by atoms with E-state index in [1.807, 2.05) is 38.1 Å². The van der Waals surface area contributed by atoms with Gasteiger partial charge in [0.25, 0.3) is 0 Å². The van der Waals surface area contributed by atoms with Gasteiger partial charge in [-0.05, 0) is 49.4 Å². The molecule has 1 aromatic heterocycles. The fourth-order valence-electron chi connectivity index (χ4n) is 1.52. The topological polar surface area (TPSA) is 51.8 Å². The first kappa shape index (κ1) is 13.3. The fourth-order valence-corrected chi connectivity index (χ4v) is 2.77. The second-order valence-corrected chi connectivity index (χ2v) is 5.50. The number of halogens is 1. The summed E-state index contributed by atoms with van der Waals surface area (Å²) in [6, 6.07) is 7.64. The first-order chi connectivity index (χ1) is 8.56. The van der Waals surface area contributed by atoms with Crippen LogP contribution >= 0.6 is 23.4 Å². The summed E-state index contributed by atoms with van der Waals surface area (Å²) < 4.78 is 0. The van der Waals surface area contributed by atoms with Gasteiger partial charge < -0.3 is 5.73 Å². The molecule has 1 heterocycles. The molecule has 0 spiro atoms. The van der Waals surface area contributed by atoms with Crippen LogP contribution in [0.5, 0.6) is 0 Å². The predicted molar refractivity (Wildman–Crippen MR) is 74.9 cm³/mol. The molecule has 0 saturated heterocycles. The highest BCUT2D eigenvalue weighted by Gasteiger charge is 2.07. The molecule has 0 aliphatic carbocycles. The van der Waals surface area contributed by atoms with Gasteiger partial charge in [0.15, 0.2) is 5.16 Å². The average Bonchev–Trinajstić information content (AvgIpc) is 2.28. The molecule has 2 N–H and O–H groups in total. The Hall–Kier alpha value is -1.10. The number of aromatic nitrogens is 2. The lowest BCUT2D eigenvalue weighted by atomic mass is 10.1. The molecular formula is C13H14ClN3S. The molecule has 18 heavy (non-hydrogen) atoms. The van der Waals surface area contributed by atoms with Crippen molar-refractivity contribution in [3.05, 3.63) is 46.7 Å². The van der Waals surface area contributed by atoms with Gasteiger partial charge in [0.05, 0.1) is 0 Å². The first-order valence-corrected chi connectivity index (χ1v) is 6.78. The van der Waals surface area contributed by atoms with Crippen molar-refractivity contribution in [2.24, 2.45) is 5.73 Å². The van der Waals surface area contributed by atoms with E-state index >= 15 is 0 Å². The molecule has 1 unspecified atom stereocenters. The second kappa shape index (κ2) is 5.69. The van der Waals surface area contributed by atoms with E-state index in [1.54, 1.807) is 6.20 Å². The highest BCUT2D eigenvalue weighted by molar-refractivity contribution is 7.99. The summed E-state index contributed by atoms with van der Waals surface area (Å²) in [5.41, 5.74) is 7.72. The number of hydrogen-bond acceptors (Lipinski definition) is 4. The Labute approximate surface area is 116 Å². The van der Waals surface area contributed by atoms with Crippen molar-refractivity contribution in [3.63, 3.8) is 0 Å². The van der Waals surface area contributed by atoms with E-state index < -0.39 is 0 Å². The van der Waals surface area contributed by atoms with Crippen molar-refractivity contribution in [2.45, 2.75) is 29.9 Å². The first-order valence-electron chi connectivity index (χ1n) is 5.59. The Morgan fingerprint density at radius 1 is 1.33 bits per heavy atom. The molecule has 94 valence electrons. The van der Waals surface area contributed by atoms with Crippen LogP contribution in [0.3, 0.4) is 0 Å². The Morgan fingerprint density at radius 3 is 2.72 bits per heavy atom. The molecule has 1 aromatic carbocycles. The molecule has 3 nitrogen and oxygen atoms in total. The van der Waals surface area contributed by atoms with Crippen LogP contribution in [-0.2, 0) is 0 Å². The number of nitrogens with two attached hydrogens (primary N) is 1. The van der Waals surface area contributed by atoms with Gasteiger partial charge in [-0.1, -0.05) is 17.7 Å². The summed E-state index contributed by atoms with van der Waals surface area (Å²) in [5, 5.41) is 1.40. The Morgan fingerprint density at radius 2 is 2.11 bits per heavy atom. The van der Waals surface area contributed by atoms with E-state index in [-0.39, 0.29) is 6.04 Å². The molecule has 1 atom stereocenters. The second-order valence-electron chi connectivity index (χ2n) is 4.05. The number of rotatable bonds is 3. The van der Waals surface area contributed by atoms with Crippen molar-refractivity contribution in [1.29, 1.82) is 0 Å². The zero-order valence-electron chi connectivity index (χ0n) is 10.2. The van der Waals surface area contributed by atoms with Crippen molar-refractivity contribution < 1.29 is 0 Å². The Balaban J connectivity index is 2.23. The third-order valence-corrected chi connectivity index (χ3v) is 3.64. The van der Waals surface area contributed by atoms with Crippen molar-refractivity contribution in [3.8, 4) is 0 Å². The van der Waals surface area contributed by atoms with Crippen molar-refractivity contribution in [1.82, 2.24) is 9.97 Å². The van der Waals surface area contributed by atoms with E-state index in [4.69, 9.17) is 17.3 Å². The highest BCUT2D eigenvalue weighted by atomic mass is 35.5. The van der Waals surface area contributed by atoms with Gasteiger partial charge in [0, 0.05) is 27.9 Å². The summed E-state index contributed by atoms with van der Waals surface area (Å²) in [6.45, 7) is 3.86. The summed E-state index contributed by atoms with van der Waals surface area (Å²) >= 11 is 7.68. The summed E-state index contributed by atoms with van der Waals surface area (Å²) in [6.07, 6.45) is 1.75. The zero-order chi connectivity index (χ0) is 13.1. The molecule has 0 aliphatic heterocycles. The van der Waals surface area contributed by atoms with Crippen molar-refractivity contribution in [2.75, 3.05) is 0 Å². The van der Waals surface area contributed by atoms with Gasteiger partial charge in [-0.25, -0.2) is 9.97 Å². The minimum atomic E-state index is -0.0632. The minimum absolute atomic E-state index is 0.0632. The lowest BCUT2D eigenvalue weighted by molar-refractivity contribution is 0.817. The third-order valence-electron chi connectivity index (χ3n) is 2.44. The smallest absolute Gasteiger partial charge is 0.192 e. The summed E-state index contributed by atoms with van der Waals surface area (Å²) in [5.74, 6) is 0. The molecule has 0 fully saturated rings. The number of benzene rings is 1. The maximum atomic E-state index is 6.19. The van der Waals surface area contributed by atoms with Gasteiger partial charge in [0.2, 0.25) is 0 Å². The number of hydrogen-bond donors (Lipinski definition) is 1. The zero-order valence-corrected chi connectivity index (χ0v) is 11.8. The van der Waals surface area contributed by atoms with Crippen LogP contribution in [-0.4, -0.2) is 9.97 Å². The largest absolute Gasteiger partial charge is 0.324 e. The van der Waals surface area contributed by atoms with Gasteiger partial charge >= 0.3 is 0 Å². The van der Waals surface area contributed by atoms with Gasteiger partial charge in [-0.15, -0.1) is 0 Å². The molecule has 0 aliphatic rings. The monoisotopic (exact) mass is 279 g/mol. The third kappa shape index (κ3) is 3.22. The molecule has 0 radical (unpaired) electrons. The van der Waals surface area contributed by atoms with E-state index in [1.165, 1.54) is 11.8 Å². The SMILES string of the molecule is Cc1ccnc(Sc2ccc(C(C)N)c(Cl)c2)n1. The fraction of sp³-hybridized carbons (Fsp3) is 0.231. The van der Waals surface area contributed by atoms with Gasteiger partial charge in [-0.3, -0.25) is 0 Å². The quantitative estimate of drug-likeness (QED) is 0.872. The molecule has 2 rings (SSSR count). The maximum Gasteiger partial charge on any atom is 0.192 e. The van der Waals surface area contributed by atoms with E-state index in [9.17, 15) is 0 Å². The molecule has 2 aromatic rings. The van der Waals surface area contributed by atoms with Crippen LogP contribution in [0.1, 0.15) is 24.2 Å². The lowest BCUT2D eigenvalue weighted by Crippen LogP contribution is -2.05. The molecule has 0 amide bonds. The standard InChI is InChI=1S/C13H14ClN3S/c1-8-5-6-16-13(17-8)18-10-3-4-11(9(2)15)12(14)7-10/h3-7,9H,15H2,1-2H3. The van der Waals surface area contributed by atoms with Crippen LogP contribution in [0.2, 0.25) is 5.02 Å². The van der Waals surface area contributed by atoms with Crippen LogP contribution in [0.4, 0.5) is 0 Å². The van der Waals surface area contributed by atoms with Crippen LogP contribution in [0, 0.1) is 6.92 Å². The Bertz CT molecular complexity index is 558. The van der Waals surface area contributed by atoms with E-state index in [2.05, 4.69) is 9.97 Å². The van der Waals surface area contributed by atoms with E-state index in [0.717, 1.165) is 21.3 Å². The highest BCUT2D eigenvalue weighted by Crippen LogP contribution is 2.30. The van der Waals surface area contributed by atoms with Crippen LogP contribution in [0.15, 0.2) is 40.5 Å². The summed E-state index contributed by atoms with van der Waals surface area (Å²) in [7, 11) is 0. The summed E-state index contributed by atoms with van der Waals surface area (Å²) in [4.78, 5) is 9.56. The van der Waals surface area contributed by atoms with E-state index in [0.29, 0.717) is 5.02 Å². The van der Waals surface area contributed by atoms with Gasteiger partial charge in [-0.2, -0.15) is 0 Å². The Kier molecular flexibility index (Phi) is 4.22. The van der Waals surface area contributed by atoms with Crippen LogP contribution < -0.4 is 5.73 Å². The minimum Gasteiger partial charge on any atom is -0.324 e. The maximum absolute atomic E-state index is 6.19. The normalized spacial score (nSPS) is 12.4. The lowest BCUT2D eigenvalue weighted by Gasteiger charge is -2.09.